The molecule has 0 atom stereocenters. The van der Waals surface area contributed by atoms with Crippen LogP contribution in [0.2, 0.25) is 0 Å². The highest BCUT2D eigenvalue weighted by Crippen LogP contribution is 2.42. The van der Waals surface area contributed by atoms with Gasteiger partial charge in [-0.3, -0.25) is 9.48 Å². The quantitative estimate of drug-likeness (QED) is 0.365. The molecule has 2 N–H and O–H groups in total. The first-order chi connectivity index (χ1) is 18.8. The van der Waals surface area contributed by atoms with Gasteiger partial charge in [0.05, 0.1) is 22.0 Å². The van der Waals surface area contributed by atoms with Crippen LogP contribution >= 0.6 is 0 Å². The number of aromatic nitrogens is 2. The van der Waals surface area contributed by atoms with Gasteiger partial charge in [-0.25, -0.2) is 8.42 Å². The Morgan fingerprint density at radius 3 is 2.37 bits per heavy atom. The summed E-state index contributed by atoms with van der Waals surface area (Å²) in [5.41, 5.74) is -2.57. The predicted molar refractivity (Wildman–Crippen MR) is 143 cm³/mol. The Hall–Kier alpha value is -2.74. The first-order valence-electron chi connectivity index (χ1n) is 13.2. The zero-order chi connectivity index (χ0) is 31.0. The molecular formula is C27H36F5N3O5S. The molecule has 1 amide bonds. The minimum atomic E-state index is -4.52. The lowest BCUT2D eigenvalue weighted by Crippen LogP contribution is -2.47. The number of halogens is 5. The second-order valence-corrected chi connectivity index (χ2v) is 13.7. The standard InChI is InChI=1S/C27H36F5N3O5S/c1-6-35-22(19-8-7-17(13-20(19)40-24(28)29)14-25(3,4)27(30,31)32)16(2)21(34-35)23(36)33-15-26(37)11-9-18(10-12-26)41(5,38)39/h7-8,13,18,24,37H,6,9-12,14-15H2,1-5H3,(H,33,36). The van der Waals surface area contributed by atoms with Gasteiger partial charge in [0.25, 0.3) is 5.91 Å². The van der Waals surface area contributed by atoms with E-state index in [0.29, 0.717) is 5.56 Å². The molecule has 1 fully saturated rings. The Kier molecular flexibility index (Phi) is 9.48. The van der Waals surface area contributed by atoms with Crippen LogP contribution in [0, 0.1) is 12.3 Å². The van der Waals surface area contributed by atoms with E-state index in [2.05, 4.69) is 10.4 Å². The Balaban J connectivity index is 1.89. The fourth-order valence-corrected chi connectivity index (χ4v) is 6.17. The number of carbonyl (C=O) groups excluding carboxylic acids is 1. The lowest BCUT2D eigenvalue weighted by molar-refractivity contribution is -0.211. The predicted octanol–water partition coefficient (Wildman–Crippen LogP) is 5.06. The number of aryl methyl sites for hydroxylation is 1. The van der Waals surface area contributed by atoms with Crippen LogP contribution in [0.15, 0.2) is 18.2 Å². The second kappa shape index (κ2) is 11.9. The first kappa shape index (κ1) is 32.8. The number of amides is 1. The van der Waals surface area contributed by atoms with E-state index in [9.17, 15) is 40.3 Å². The zero-order valence-corrected chi connectivity index (χ0v) is 24.4. The minimum Gasteiger partial charge on any atom is -0.434 e. The molecular weight excluding hydrogens is 573 g/mol. The number of hydrogen-bond acceptors (Lipinski definition) is 6. The lowest BCUT2D eigenvalue weighted by Gasteiger charge is -2.35. The first-order valence-corrected chi connectivity index (χ1v) is 15.1. The van der Waals surface area contributed by atoms with Gasteiger partial charge < -0.3 is 15.2 Å². The molecule has 3 rings (SSSR count). The monoisotopic (exact) mass is 609 g/mol. The summed E-state index contributed by atoms with van der Waals surface area (Å²) in [5.74, 6) is -0.980. The van der Waals surface area contributed by atoms with E-state index in [1.807, 2.05) is 0 Å². The average Bonchev–Trinajstić information content (AvgIpc) is 3.17. The summed E-state index contributed by atoms with van der Waals surface area (Å²) in [7, 11) is -3.24. The molecule has 1 aromatic carbocycles. The molecule has 0 spiro atoms. The molecule has 0 aliphatic heterocycles. The number of ether oxygens (including phenoxy) is 1. The molecule has 1 saturated carbocycles. The van der Waals surface area contributed by atoms with Crippen LogP contribution in [0.1, 0.15) is 68.1 Å². The summed E-state index contributed by atoms with van der Waals surface area (Å²) in [6.07, 6.45) is -2.93. The lowest BCUT2D eigenvalue weighted by atomic mass is 9.84. The summed E-state index contributed by atoms with van der Waals surface area (Å²) in [6, 6.07) is 3.92. The number of sulfone groups is 1. The van der Waals surface area contributed by atoms with E-state index in [4.69, 9.17) is 4.74 Å². The van der Waals surface area contributed by atoms with Gasteiger partial charge in [-0.15, -0.1) is 0 Å². The molecule has 14 heteroatoms. The summed E-state index contributed by atoms with van der Waals surface area (Å²) in [6.45, 7) is 2.15. The van der Waals surface area contributed by atoms with Crippen LogP contribution in [-0.2, 0) is 22.8 Å². The van der Waals surface area contributed by atoms with Gasteiger partial charge in [-0.2, -0.15) is 27.1 Å². The maximum absolute atomic E-state index is 13.4. The van der Waals surface area contributed by atoms with Gasteiger partial charge in [0.2, 0.25) is 0 Å². The van der Waals surface area contributed by atoms with Gasteiger partial charge in [0, 0.05) is 30.5 Å². The van der Waals surface area contributed by atoms with Crippen molar-refractivity contribution in [3.63, 3.8) is 0 Å². The van der Waals surface area contributed by atoms with Gasteiger partial charge in [0.15, 0.2) is 5.69 Å². The maximum atomic E-state index is 13.4. The number of nitrogens with one attached hydrogen (secondary N) is 1. The van der Waals surface area contributed by atoms with Gasteiger partial charge >= 0.3 is 12.8 Å². The molecule has 0 unspecified atom stereocenters. The molecule has 1 aromatic heterocycles. The molecule has 230 valence electrons. The largest absolute Gasteiger partial charge is 0.434 e. The number of aliphatic hydroxyl groups is 1. The molecule has 2 aromatic rings. The molecule has 1 aliphatic rings. The average molecular weight is 610 g/mol. The Morgan fingerprint density at radius 2 is 1.85 bits per heavy atom. The Morgan fingerprint density at radius 1 is 1.24 bits per heavy atom. The van der Waals surface area contributed by atoms with Crippen molar-refractivity contribution < 1.29 is 45.0 Å². The zero-order valence-electron chi connectivity index (χ0n) is 23.6. The van der Waals surface area contributed by atoms with E-state index in [-0.39, 0.29) is 67.0 Å². The third kappa shape index (κ3) is 7.56. The SMILES string of the molecule is CCn1nc(C(=O)NCC2(O)CCC(S(C)(=O)=O)CC2)c(C)c1-c1ccc(CC(C)(C)C(F)(F)F)cc1OC(F)F. The summed E-state index contributed by atoms with van der Waals surface area (Å²) in [4.78, 5) is 13.1. The maximum Gasteiger partial charge on any atom is 0.394 e. The van der Waals surface area contributed by atoms with Crippen molar-refractivity contribution in [2.45, 2.75) is 90.0 Å². The van der Waals surface area contributed by atoms with Crippen molar-refractivity contribution in [1.29, 1.82) is 0 Å². The van der Waals surface area contributed by atoms with Gasteiger partial charge in [0.1, 0.15) is 15.6 Å². The fourth-order valence-electron chi connectivity index (χ4n) is 5.08. The normalized spacial score (nSPS) is 20.3. The van der Waals surface area contributed by atoms with Gasteiger partial charge in [-0.05, 0) is 63.6 Å². The van der Waals surface area contributed by atoms with Crippen LogP contribution < -0.4 is 10.1 Å². The van der Waals surface area contributed by atoms with Crippen molar-refractivity contribution in [2.24, 2.45) is 5.41 Å². The van der Waals surface area contributed by atoms with Gasteiger partial charge in [-0.1, -0.05) is 19.9 Å². The van der Waals surface area contributed by atoms with E-state index >= 15 is 0 Å². The van der Waals surface area contributed by atoms with Crippen LogP contribution in [0.4, 0.5) is 22.0 Å². The molecule has 1 heterocycles. The number of benzene rings is 1. The van der Waals surface area contributed by atoms with Crippen LogP contribution in [-0.4, -0.2) is 65.7 Å². The van der Waals surface area contributed by atoms with Crippen LogP contribution in [0.3, 0.4) is 0 Å². The third-order valence-corrected chi connectivity index (χ3v) is 9.36. The van der Waals surface area contributed by atoms with E-state index in [0.717, 1.165) is 26.2 Å². The van der Waals surface area contributed by atoms with Crippen LogP contribution in [0.25, 0.3) is 11.3 Å². The smallest absolute Gasteiger partial charge is 0.394 e. The molecule has 0 bridgehead atoms. The molecule has 0 radical (unpaired) electrons. The Labute approximate surface area is 236 Å². The van der Waals surface area contributed by atoms with E-state index in [1.54, 1.807) is 13.8 Å². The van der Waals surface area contributed by atoms with Crippen molar-refractivity contribution in [3.05, 3.63) is 35.0 Å². The number of carbonyl (C=O) groups is 1. The highest BCUT2D eigenvalue weighted by atomic mass is 32.2. The highest BCUT2D eigenvalue weighted by molar-refractivity contribution is 7.91. The number of hydrogen-bond donors (Lipinski definition) is 2. The van der Waals surface area contributed by atoms with Crippen molar-refractivity contribution >= 4 is 15.7 Å². The van der Waals surface area contributed by atoms with Crippen molar-refractivity contribution in [2.75, 3.05) is 12.8 Å². The second-order valence-electron chi connectivity index (χ2n) is 11.3. The summed E-state index contributed by atoms with van der Waals surface area (Å²) >= 11 is 0. The molecule has 8 nitrogen and oxygen atoms in total. The minimum absolute atomic E-state index is 0.0273. The molecule has 41 heavy (non-hydrogen) atoms. The summed E-state index contributed by atoms with van der Waals surface area (Å²) in [5, 5.41) is 17.3. The number of rotatable bonds is 10. The summed E-state index contributed by atoms with van der Waals surface area (Å²) < 4.78 is 96.7. The van der Waals surface area contributed by atoms with Crippen molar-refractivity contribution in [1.82, 2.24) is 15.1 Å². The highest BCUT2D eigenvalue weighted by Gasteiger charge is 2.47. The van der Waals surface area contributed by atoms with Crippen molar-refractivity contribution in [3.8, 4) is 17.0 Å². The van der Waals surface area contributed by atoms with E-state index in [1.165, 1.54) is 16.8 Å². The molecule has 1 aliphatic carbocycles. The third-order valence-electron chi connectivity index (χ3n) is 7.68. The van der Waals surface area contributed by atoms with Crippen LogP contribution in [0.5, 0.6) is 5.75 Å². The molecule has 0 saturated heterocycles. The number of nitrogens with zero attached hydrogens (tertiary/aromatic N) is 2. The Bertz CT molecular complexity index is 1360. The topological polar surface area (TPSA) is 111 Å². The number of alkyl halides is 5. The fraction of sp³-hybridized carbons (Fsp3) is 0.630. The van der Waals surface area contributed by atoms with E-state index < -0.39 is 51.2 Å².